The first-order valence-corrected chi connectivity index (χ1v) is 6.57. The van der Waals surface area contributed by atoms with Gasteiger partial charge in [0.25, 0.3) is 0 Å². The molecule has 0 heterocycles. The number of aliphatic hydroxyl groups is 1. The van der Waals surface area contributed by atoms with Crippen LogP contribution in [0.1, 0.15) is 52.4 Å². The lowest BCUT2D eigenvalue weighted by Gasteiger charge is -2.41. The Morgan fingerprint density at radius 1 is 1.59 bits per heavy atom. The Morgan fingerprint density at radius 3 is 2.82 bits per heavy atom. The third-order valence-corrected chi connectivity index (χ3v) is 4.14. The van der Waals surface area contributed by atoms with Crippen LogP contribution in [0.25, 0.3) is 0 Å². The molecule has 2 unspecified atom stereocenters. The number of aliphatic carboxylic acids is 1. The quantitative estimate of drug-likeness (QED) is 0.726. The van der Waals surface area contributed by atoms with Gasteiger partial charge in [0.1, 0.15) is 0 Å². The lowest BCUT2D eigenvalue weighted by Crippen LogP contribution is -2.37. The predicted octanol–water partition coefficient (Wildman–Crippen LogP) is 2.99. The van der Waals surface area contributed by atoms with Gasteiger partial charge >= 0.3 is 5.97 Å². The normalized spacial score (nSPS) is 29.2. The van der Waals surface area contributed by atoms with Crippen molar-refractivity contribution in [2.75, 3.05) is 6.61 Å². The van der Waals surface area contributed by atoms with E-state index in [4.69, 9.17) is 0 Å². The van der Waals surface area contributed by atoms with Crippen LogP contribution in [0.4, 0.5) is 0 Å². The minimum Gasteiger partial charge on any atom is -0.481 e. The molecule has 0 saturated heterocycles. The summed E-state index contributed by atoms with van der Waals surface area (Å²) in [4.78, 5) is 11.2. The highest BCUT2D eigenvalue weighted by molar-refractivity contribution is 5.70. The molecule has 1 saturated carbocycles. The van der Waals surface area contributed by atoms with Crippen molar-refractivity contribution < 1.29 is 15.0 Å². The number of hydrogen-bond donors (Lipinski definition) is 2. The fourth-order valence-electron chi connectivity index (χ4n) is 3.04. The topological polar surface area (TPSA) is 57.5 Å². The average molecular weight is 240 g/mol. The van der Waals surface area contributed by atoms with Gasteiger partial charge in [-0.2, -0.15) is 0 Å². The summed E-state index contributed by atoms with van der Waals surface area (Å²) in [7, 11) is 0. The van der Waals surface area contributed by atoms with Crippen LogP contribution in [-0.4, -0.2) is 22.8 Å². The van der Waals surface area contributed by atoms with E-state index in [1.54, 1.807) is 6.92 Å². The maximum Gasteiger partial charge on any atom is 0.306 e. The Morgan fingerprint density at radius 2 is 2.29 bits per heavy atom. The third kappa shape index (κ3) is 3.32. The number of allylic oxidation sites excluding steroid dienone is 2. The molecule has 0 amide bonds. The summed E-state index contributed by atoms with van der Waals surface area (Å²) in [5.74, 6) is -1.12. The first-order valence-electron chi connectivity index (χ1n) is 6.57. The van der Waals surface area contributed by atoms with Crippen LogP contribution in [0.15, 0.2) is 11.6 Å². The van der Waals surface area contributed by atoms with E-state index in [2.05, 4.69) is 13.0 Å². The van der Waals surface area contributed by atoms with Gasteiger partial charge in [0.2, 0.25) is 0 Å². The van der Waals surface area contributed by atoms with E-state index in [-0.39, 0.29) is 17.9 Å². The lowest BCUT2D eigenvalue weighted by atomic mass is 9.63. The van der Waals surface area contributed by atoms with Crippen LogP contribution in [0, 0.1) is 11.3 Å². The van der Waals surface area contributed by atoms with Gasteiger partial charge < -0.3 is 10.2 Å². The number of carboxylic acids is 1. The summed E-state index contributed by atoms with van der Waals surface area (Å²) in [5.41, 5.74) is 1.14. The fourth-order valence-corrected chi connectivity index (χ4v) is 3.04. The molecule has 98 valence electrons. The standard InChI is InChI=1S/C14H24O3/c1-3-5-12-6-4-7-14(10-12,8-9-15)11(2)13(16)17/h5,11,15H,3-4,6-10H2,1-2H3,(H,16,17)/b12-5-. The van der Waals surface area contributed by atoms with Gasteiger partial charge in [-0.3, -0.25) is 4.79 Å². The molecule has 1 aliphatic carbocycles. The Kier molecular flexibility index (Phi) is 5.19. The first kappa shape index (κ1) is 14.2. The van der Waals surface area contributed by atoms with Crippen molar-refractivity contribution in [2.24, 2.45) is 11.3 Å². The van der Waals surface area contributed by atoms with Crippen molar-refractivity contribution in [1.82, 2.24) is 0 Å². The monoisotopic (exact) mass is 240 g/mol. The van der Waals surface area contributed by atoms with Crippen LogP contribution in [-0.2, 0) is 4.79 Å². The molecule has 2 atom stereocenters. The van der Waals surface area contributed by atoms with E-state index in [0.29, 0.717) is 6.42 Å². The lowest BCUT2D eigenvalue weighted by molar-refractivity contribution is -0.147. The maximum atomic E-state index is 11.2. The molecule has 0 aliphatic heterocycles. The molecular weight excluding hydrogens is 216 g/mol. The van der Waals surface area contributed by atoms with Crippen LogP contribution < -0.4 is 0 Å². The number of rotatable bonds is 5. The van der Waals surface area contributed by atoms with Gasteiger partial charge in [-0.15, -0.1) is 0 Å². The summed E-state index contributed by atoms with van der Waals surface area (Å²) < 4.78 is 0. The molecule has 0 aromatic heterocycles. The number of hydrogen-bond acceptors (Lipinski definition) is 2. The van der Waals surface area contributed by atoms with E-state index in [0.717, 1.165) is 32.1 Å². The zero-order chi connectivity index (χ0) is 12.9. The molecule has 17 heavy (non-hydrogen) atoms. The van der Waals surface area contributed by atoms with Crippen LogP contribution in [0.5, 0.6) is 0 Å². The maximum absolute atomic E-state index is 11.2. The zero-order valence-corrected chi connectivity index (χ0v) is 10.9. The molecule has 3 heteroatoms. The van der Waals surface area contributed by atoms with Crippen molar-refractivity contribution in [1.29, 1.82) is 0 Å². The number of carbonyl (C=O) groups is 1. The predicted molar refractivity (Wildman–Crippen MR) is 67.8 cm³/mol. The second kappa shape index (κ2) is 6.20. The molecule has 0 spiro atoms. The third-order valence-electron chi connectivity index (χ3n) is 4.14. The van der Waals surface area contributed by atoms with Gasteiger partial charge in [-0.25, -0.2) is 0 Å². The molecule has 0 bridgehead atoms. The fraction of sp³-hybridized carbons (Fsp3) is 0.786. The number of carboxylic acid groups (broad SMARTS) is 1. The van der Waals surface area contributed by atoms with Gasteiger partial charge in [-0.05, 0) is 43.9 Å². The van der Waals surface area contributed by atoms with Gasteiger partial charge in [-0.1, -0.05) is 25.5 Å². The SMILES string of the molecule is CC/C=C1/CCCC(CCO)(C(C)C(=O)O)C1. The minimum absolute atomic E-state index is 0.0804. The van der Waals surface area contributed by atoms with Gasteiger partial charge in [0.15, 0.2) is 0 Å². The summed E-state index contributed by atoms with van der Waals surface area (Å²) in [6.45, 7) is 3.97. The zero-order valence-electron chi connectivity index (χ0n) is 10.9. The highest BCUT2D eigenvalue weighted by atomic mass is 16.4. The smallest absolute Gasteiger partial charge is 0.306 e. The van der Waals surface area contributed by atoms with Crippen molar-refractivity contribution in [3.8, 4) is 0 Å². The van der Waals surface area contributed by atoms with Crippen molar-refractivity contribution in [3.63, 3.8) is 0 Å². The molecule has 3 nitrogen and oxygen atoms in total. The van der Waals surface area contributed by atoms with Crippen LogP contribution >= 0.6 is 0 Å². The molecule has 1 fully saturated rings. The van der Waals surface area contributed by atoms with E-state index in [1.165, 1.54) is 5.57 Å². The average Bonchev–Trinajstić information content (AvgIpc) is 2.29. The molecule has 0 aromatic rings. The summed E-state index contributed by atoms with van der Waals surface area (Å²) >= 11 is 0. The second-order valence-corrected chi connectivity index (χ2v) is 5.20. The van der Waals surface area contributed by atoms with Crippen molar-refractivity contribution >= 4 is 5.97 Å². The molecule has 1 aliphatic rings. The molecule has 0 radical (unpaired) electrons. The van der Waals surface area contributed by atoms with E-state index >= 15 is 0 Å². The minimum atomic E-state index is -0.740. The Labute approximate surface area is 104 Å². The van der Waals surface area contributed by atoms with Crippen molar-refractivity contribution in [2.45, 2.75) is 52.4 Å². The van der Waals surface area contributed by atoms with E-state index in [1.807, 2.05) is 0 Å². The van der Waals surface area contributed by atoms with Gasteiger partial charge in [0, 0.05) is 6.61 Å². The Bertz CT molecular complexity index is 292. The number of aliphatic hydroxyl groups excluding tert-OH is 1. The summed E-state index contributed by atoms with van der Waals surface area (Å²) in [6, 6.07) is 0. The second-order valence-electron chi connectivity index (χ2n) is 5.20. The van der Waals surface area contributed by atoms with Crippen LogP contribution in [0.2, 0.25) is 0 Å². The Balaban J connectivity index is 2.90. The molecule has 2 N–H and O–H groups in total. The summed E-state index contributed by atoms with van der Waals surface area (Å²) in [6.07, 6.45) is 7.72. The molecule has 0 aromatic carbocycles. The van der Waals surface area contributed by atoms with Crippen molar-refractivity contribution in [3.05, 3.63) is 11.6 Å². The first-order chi connectivity index (χ1) is 8.05. The Hall–Kier alpha value is -0.830. The highest BCUT2D eigenvalue weighted by Crippen LogP contribution is 2.47. The molecular formula is C14H24O3. The van der Waals surface area contributed by atoms with E-state index in [9.17, 15) is 15.0 Å². The van der Waals surface area contributed by atoms with E-state index < -0.39 is 5.97 Å². The van der Waals surface area contributed by atoms with Crippen LogP contribution in [0.3, 0.4) is 0 Å². The summed E-state index contributed by atoms with van der Waals surface area (Å²) in [5, 5.41) is 18.5. The highest BCUT2D eigenvalue weighted by Gasteiger charge is 2.41. The van der Waals surface area contributed by atoms with Gasteiger partial charge in [0.05, 0.1) is 5.92 Å². The molecule has 1 rings (SSSR count). The largest absolute Gasteiger partial charge is 0.481 e.